The first kappa shape index (κ1) is 15.1. The quantitative estimate of drug-likeness (QED) is 0.683. The van der Waals surface area contributed by atoms with Crippen molar-refractivity contribution in [3.8, 4) is 0 Å². The maximum Gasteiger partial charge on any atom is 0.0894 e. The standard InChI is InChI=1S/C15H26N2O/c1-4-7-13(3)18-12-15-14(8-6-10-17-15)11-16-9-5-2/h6,8,10,13,16H,4-5,7,9,11-12H2,1-3H3. The van der Waals surface area contributed by atoms with Crippen molar-refractivity contribution in [1.29, 1.82) is 0 Å². The van der Waals surface area contributed by atoms with Gasteiger partial charge in [0, 0.05) is 12.7 Å². The summed E-state index contributed by atoms with van der Waals surface area (Å²) in [6.07, 6.45) is 5.57. The molecule has 1 atom stereocenters. The van der Waals surface area contributed by atoms with Crippen molar-refractivity contribution in [2.24, 2.45) is 0 Å². The molecular weight excluding hydrogens is 224 g/mol. The highest BCUT2D eigenvalue weighted by Crippen LogP contribution is 2.10. The highest BCUT2D eigenvalue weighted by atomic mass is 16.5. The second kappa shape index (κ2) is 9.06. The van der Waals surface area contributed by atoms with E-state index in [-0.39, 0.29) is 0 Å². The molecule has 0 bridgehead atoms. The second-order valence-corrected chi connectivity index (χ2v) is 4.70. The van der Waals surface area contributed by atoms with E-state index >= 15 is 0 Å². The molecule has 3 nitrogen and oxygen atoms in total. The first-order valence-electron chi connectivity index (χ1n) is 7.03. The summed E-state index contributed by atoms with van der Waals surface area (Å²) in [6, 6.07) is 4.11. The summed E-state index contributed by atoms with van der Waals surface area (Å²) in [4.78, 5) is 4.42. The molecular formula is C15H26N2O. The van der Waals surface area contributed by atoms with E-state index in [1.807, 2.05) is 12.3 Å². The molecule has 0 aromatic carbocycles. The number of rotatable bonds is 9. The Morgan fingerprint density at radius 2 is 2.17 bits per heavy atom. The van der Waals surface area contributed by atoms with E-state index < -0.39 is 0 Å². The topological polar surface area (TPSA) is 34.2 Å². The molecule has 18 heavy (non-hydrogen) atoms. The van der Waals surface area contributed by atoms with Crippen molar-refractivity contribution in [2.45, 2.75) is 59.3 Å². The van der Waals surface area contributed by atoms with E-state index in [2.05, 4.69) is 37.1 Å². The van der Waals surface area contributed by atoms with E-state index in [1.54, 1.807) is 0 Å². The van der Waals surface area contributed by atoms with E-state index in [9.17, 15) is 0 Å². The maximum atomic E-state index is 5.83. The lowest BCUT2D eigenvalue weighted by atomic mass is 10.2. The number of pyridine rings is 1. The van der Waals surface area contributed by atoms with Crippen molar-refractivity contribution >= 4 is 0 Å². The average molecular weight is 250 g/mol. The summed E-state index contributed by atoms with van der Waals surface area (Å²) in [7, 11) is 0. The van der Waals surface area contributed by atoms with E-state index in [4.69, 9.17) is 4.74 Å². The summed E-state index contributed by atoms with van der Waals surface area (Å²) >= 11 is 0. The first-order chi connectivity index (χ1) is 8.77. The van der Waals surface area contributed by atoms with Crippen molar-refractivity contribution in [3.63, 3.8) is 0 Å². The van der Waals surface area contributed by atoms with Crippen LogP contribution in [-0.4, -0.2) is 17.6 Å². The lowest BCUT2D eigenvalue weighted by molar-refractivity contribution is 0.0448. The predicted octanol–water partition coefficient (Wildman–Crippen LogP) is 3.29. The van der Waals surface area contributed by atoms with Gasteiger partial charge in [-0.2, -0.15) is 0 Å². The smallest absolute Gasteiger partial charge is 0.0894 e. The van der Waals surface area contributed by atoms with Crippen LogP contribution in [0.15, 0.2) is 18.3 Å². The Morgan fingerprint density at radius 3 is 2.89 bits per heavy atom. The van der Waals surface area contributed by atoms with E-state index in [0.29, 0.717) is 12.7 Å². The zero-order valence-electron chi connectivity index (χ0n) is 11.9. The molecule has 0 aliphatic carbocycles. The monoisotopic (exact) mass is 250 g/mol. The number of aromatic nitrogens is 1. The molecule has 1 heterocycles. The van der Waals surface area contributed by atoms with Crippen LogP contribution in [0.2, 0.25) is 0 Å². The number of hydrogen-bond acceptors (Lipinski definition) is 3. The van der Waals surface area contributed by atoms with Gasteiger partial charge in [0.15, 0.2) is 0 Å². The lowest BCUT2D eigenvalue weighted by Gasteiger charge is -2.14. The first-order valence-corrected chi connectivity index (χ1v) is 7.03. The number of nitrogens with zero attached hydrogens (tertiary/aromatic N) is 1. The van der Waals surface area contributed by atoms with Gasteiger partial charge in [0.1, 0.15) is 0 Å². The molecule has 3 heteroatoms. The molecule has 1 N–H and O–H groups in total. The highest BCUT2D eigenvalue weighted by molar-refractivity contribution is 5.18. The van der Waals surface area contributed by atoms with Crippen LogP contribution in [0.4, 0.5) is 0 Å². The van der Waals surface area contributed by atoms with Gasteiger partial charge >= 0.3 is 0 Å². The van der Waals surface area contributed by atoms with Crippen LogP contribution >= 0.6 is 0 Å². The normalized spacial score (nSPS) is 12.6. The van der Waals surface area contributed by atoms with Crippen molar-refractivity contribution < 1.29 is 4.74 Å². The summed E-state index contributed by atoms with van der Waals surface area (Å²) < 4.78 is 5.83. The highest BCUT2D eigenvalue weighted by Gasteiger charge is 2.06. The SMILES string of the molecule is CCCNCc1cccnc1COC(C)CCC. The molecule has 0 saturated heterocycles. The van der Waals surface area contributed by atoms with Crippen molar-refractivity contribution in [3.05, 3.63) is 29.6 Å². The zero-order valence-corrected chi connectivity index (χ0v) is 11.9. The average Bonchev–Trinajstić information content (AvgIpc) is 2.38. The Morgan fingerprint density at radius 1 is 1.33 bits per heavy atom. The van der Waals surface area contributed by atoms with Crippen LogP contribution < -0.4 is 5.32 Å². The Balaban J connectivity index is 2.48. The third kappa shape index (κ3) is 5.61. The molecule has 0 fully saturated rings. The molecule has 1 rings (SSSR count). The van der Waals surface area contributed by atoms with Crippen LogP contribution in [0.1, 0.15) is 51.3 Å². The summed E-state index contributed by atoms with van der Waals surface area (Å²) in [6.45, 7) is 9.02. The molecule has 0 spiro atoms. The predicted molar refractivity (Wildman–Crippen MR) is 75.4 cm³/mol. The molecule has 0 radical (unpaired) electrons. The lowest BCUT2D eigenvalue weighted by Crippen LogP contribution is -2.16. The van der Waals surface area contributed by atoms with Gasteiger partial charge in [-0.15, -0.1) is 0 Å². The number of ether oxygens (including phenoxy) is 1. The van der Waals surface area contributed by atoms with Gasteiger partial charge < -0.3 is 10.1 Å². The third-order valence-electron chi connectivity index (χ3n) is 2.93. The molecule has 1 aromatic rings. The zero-order chi connectivity index (χ0) is 13.2. The van der Waals surface area contributed by atoms with Crippen LogP contribution in [0.5, 0.6) is 0 Å². The molecule has 0 amide bonds. The van der Waals surface area contributed by atoms with Gasteiger partial charge in [0.2, 0.25) is 0 Å². The minimum Gasteiger partial charge on any atom is -0.372 e. The Bertz CT molecular complexity index is 328. The Hall–Kier alpha value is -0.930. The molecule has 0 aliphatic heterocycles. The van der Waals surface area contributed by atoms with Gasteiger partial charge in [-0.3, -0.25) is 4.98 Å². The molecule has 1 aromatic heterocycles. The summed E-state index contributed by atoms with van der Waals surface area (Å²) in [5.41, 5.74) is 2.30. The fourth-order valence-electron chi connectivity index (χ4n) is 1.87. The van der Waals surface area contributed by atoms with Gasteiger partial charge in [0.25, 0.3) is 0 Å². The van der Waals surface area contributed by atoms with Gasteiger partial charge in [-0.25, -0.2) is 0 Å². The number of hydrogen-bond donors (Lipinski definition) is 1. The van der Waals surface area contributed by atoms with Gasteiger partial charge in [-0.05, 0) is 37.9 Å². The Kier molecular flexibility index (Phi) is 7.62. The van der Waals surface area contributed by atoms with Crippen LogP contribution in [0, 0.1) is 0 Å². The van der Waals surface area contributed by atoms with Crippen LogP contribution in [0.3, 0.4) is 0 Å². The molecule has 102 valence electrons. The summed E-state index contributed by atoms with van der Waals surface area (Å²) in [5, 5.41) is 3.41. The maximum absolute atomic E-state index is 5.83. The molecule has 1 unspecified atom stereocenters. The third-order valence-corrected chi connectivity index (χ3v) is 2.93. The second-order valence-electron chi connectivity index (χ2n) is 4.70. The van der Waals surface area contributed by atoms with Gasteiger partial charge in [-0.1, -0.05) is 26.3 Å². The molecule has 0 aliphatic rings. The van der Waals surface area contributed by atoms with Gasteiger partial charge in [0.05, 0.1) is 18.4 Å². The van der Waals surface area contributed by atoms with E-state index in [0.717, 1.165) is 38.0 Å². The van der Waals surface area contributed by atoms with Crippen LogP contribution in [0.25, 0.3) is 0 Å². The number of nitrogens with one attached hydrogen (secondary N) is 1. The minimum absolute atomic E-state index is 0.313. The van der Waals surface area contributed by atoms with E-state index in [1.165, 1.54) is 5.56 Å². The van der Waals surface area contributed by atoms with Crippen molar-refractivity contribution in [1.82, 2.24) is 10.3 Å². The largest absolute Gasteiger partial charge is 0.372 e. The fraction of sp³-hybridized carbons (Fsp3) is 0.667. The molecule has 0 saturated carbocycles. The Labute approximate surface area is 111 Å². The fourth-order valence-corrected chi connectivity index (χ4v) is 1.87. The van der Waals surface area contributed by atoms with Crippen molar-refractivity contribution in [2.75, 3.05) is 6.54 Å². The summed E-state index contributed by atoms with van der Waals surface area (Å²) in [5.74, 6) is 0. The van der Waals surface area contributed by atoms with Crippen LogP contribution in [-0.2, 0) is 17.9 Å². The minimum atomic E-state index is 0.313.